The molecule has 0 spiro atoms. The van der Waals surface area contributed by atoms with Crippen molar-refractivity contribution in [3.8, 4) is 17.0 Å². The predicted molar refractivity (Wildman–Crippen MR) is 122 cm³/mol. The molecule has 3 aliphatic rings. The third kappa shape index (κ3) is 3.59. The lowest BCUT2D eigenvalue weighted by molar-refractivity contribution is -0.0595. The topological polar surface area (TPSA) is 54.0 Å². The second-order valence-corrected chi connectivity index (χ2v) is 8.75. The minimum absolute atomic E-state index is 0.178. The number of ether oxygens (including phenoxy) is 1. The van der Waals surface area contributed by atoms with Gasteiger partial charge in [-0.05, 0) is 85.1 Å². The first-order valence-electron chi connectivity index (χ1n) is 11.2. The second kappa shape index (κ2) is 7.82. The molecule has 0 aliphatic carbocycles. The first-order valence-corrected chi connectivity index (χ1v) is 11.2. The lowest BCUT2D eigenvalue weighted by Crippen LogP contribution is -2.60. The maximum Gasteiger partial charge on any atom is 0.213 e. The smallest absolute Gasteiger partial charge is 0.213 e. The highest BCUT2D eigenvalue weighted by molar-refractivity contribution is 5.84. The molecule has 0 saturated carbocycles. The molecule has 1 N–H and O–H groups in total. The first kappa shape index (κ1) is 18.6. The third-order valence-electron chi connectivity index (χ3n) is 6.93. The van der Waals surface area contributed by atoms with Crippen LogP contribution in [0.4, 0.5) is 0 Å². The van der Waals surface area contributed by atoms with Crippen LogP contribution in [0.2, 0.25) is 0 Å². The average Bonchev–Trinajstić information content (AvgIpc) is 3.30. The quantitative estimate of drug-likeness (QED) is 0.518. The van der Waals surface area contributed by atoms with E-state index in [4.69, 9.17) is 4.74 Å². The van der Waals surface area contributed by atoms with Gasteiger partial charge < -0.3 is 9.72 Å². The minimum atomic E-state index is 0.178. The number of hydrogen-bond donors (Lipinski definition) is 1. The fourth-order valence-electron chi connectivity index (χ4n) is 5.27. The Balaban J connectivity index is 1.22. The van der Waals surface area contributed by atoms with Crippen LogP contribution in [0.25, 0.3) is 22.0 Å². The van der Waals surface area contributed by atoms with Crippen molar-refractivity contribution in [3.63, 3.8) is 0 Å². The molecule has 3 aliphatic heterocycles. The van der Waals surface area contributed by atoms with Gasteiger partial charge >= 0.3 is 0 Å². The van der Waals surface area contributed by atoms with E-state index in [2.05, 4.69) is 56.3 Å². The van der Waals surface area contributed by atoms with Gasteiger partial charge in [0, 0.05) is 41.9 Å². The maximum atomic E-state index is 6.54. The first-order chi connectivity index (χ1) is 15.3. The SMILES string of the molecule is c1cncc(C[C@H]2[C@H](Oc3ccc(-c4ccc5[nH]ccc5c4)cn3)C3CCN2CC3)c1. The van der Waals surface area contributed by atoms with Gasteiger partial charge in [-0.2, -0.15) is 0 Å². The monoisotopic (exact) mass is 410 g/mol. The molecule has 0 amide bonds. The maximum absolute atomic E-state index is 6.54. The van der Waals surface area contributed by atoms with Crippen molar-refractivity contribution in [2.24, 2.45) is 5.92 Å². The van der Waals surface area contributed by atoms with Gasteiger partial charge in [-0.25, -0.2) is 4.98 Å². The summed E-state index contributed by atoms with van der Waals surface area (Å²) >= 11 is 0. The lowest BCUT2D eigenvalue weighted by Gasteiger charge is -2.50. The predicted octanol–water partition coefficient (Wildman–Crippen LogP) is 4.71. The van der Waals surface area contributed by atoms with Gasteiger partial charge in [0.1, 0.15) is 6.10 Å². The summed E-state index contributed by atoms with van der Waals surface area (Å²) in [4.78, 5) is 14.8. The number of nitrogens with zero attached hydrogens (tertiary/aromatic N) is 3. The van der Waals surface area contributed by atoms with Crippen LogP contribution in [-0.4, -0.2) is 45.1 Å². The van der Waals surface area contributed by atoms with E-state index in [1.165, 1.54) is 42.4 Å². The molecule has 31 heavy (non-hydrogen) atoms. The summed E-state index contributed by atoms with van der Waals surface area (Å²) in [6.07, 6.45) is 11.3. The van der Waals surface area contributed by atoms with Crippen molar-refractivity contribution in [1.29, 1.82) is 0 Å². The van der Waals surface area contributed by atoms with Gasteiger partial charge in [-0.15, -0.1) is 0 Å². The van der Waals surface area contributed by atoms with E-state index in [1.54, 1.807) is 0 Å². The van der Waals surface area contributed by atoms with Crippen LogP contribution in [0.15, 0.2) is 73.3 Å². The number of H-pyrrole nitrogens is 1. The Labute approximate surface area is 182 Å². The summed E-state index contributed by atoms with van der Waals surface area (Å²) in [5.41, 5.74) is 4.70. The third-order valence-corrected chi connectivity index (χ3v) is 6.93. The van der Waals surface area contributed by atoms with E-state index >= 15 is 0 Å². The van der Waals surface area contributed by atoms with Gasteiger partial charge in [0.25, 0.3) is 0 Å². The molecule has 3 aromatic heterocycles. The molecule has 3 fully saturated rings. The molecule has 5 nitrogen and oxygen atoms in total. The summed E-state index contributed by atoms with van der Waals surface area (Å²) in [7, 11) is 0. The number of hydrogen-bond acceptors (Lipinski definition) is 4. The van der Waals surface area contributed by atoms with Gasteiger partial charge in [-0.1, -0.05) is 12.1 Å². The zero-order chi connectivity index (χ0) is 20.6. The van der Waals surface area contributed by atoms with E-state index in [0.717, 1.165) is 23.4 Å². The van der Waals surface area contributed by atoms with Crippen molar-refractivity contribution in [3.05, 3.63) is 78.9 Å². The molecule has 0 unspecified atom stereocenters. The van der Waals surface area contributed by atoms with Crippen molar-refractivity contribution in [2.45, 2.75) is 31.4 Å². The van der Waals surface area contributed by atoms with Crippen LogP contribution < -0.4 is 4.74 Å². The number of fused-ring (bicyclic) bond motifs is 4. The Morgan fingerprint density at radius 2 is 1.90 bits per heavy atom. The van der Waals surface area contributed by atoms with Crippen molar-refractivity contribution in [1.82, 2.24) is 19.9 Å². The Morgan fingerprint density at radius 1 is 1.00 bits per heavy atom. The summed E-state index contributed by atoms with van der Waals surface area (Å²) in [6, 6.07) is 17.3. The summed E-state index contributed by atoms with van der Waals surface area (Å²) < 4.78 is 6.54. The number of benzene rings is 1. The van der Waals surface area contributed by atoms with E-state index in [-0.39, 0.29) is 6.10 Å². The molecule has 1 aromatic carbocycles. The van der Waals surface area contributed by atoms with E-state index < -0.39 is 0 Å². The largest absolute Gasteiger partial charge is 0.472 e. The zero-order valence-electron chi connectivity index (χ0n) is 17.4. The fourth-order valence-corrected chi connectivity index (χ4v) is 5.27. The fraction of sp³-hybridized carbons (Fsp3) is 0.308. The molecule has 6 heterocycles. The van der Waals surface area contributed by atoms with Crippen LogP contribution in [0.5, 0.6) is 5.88 Å². The summed E-state index contributed by atoms with van der Waals surface area (Å²) in [6.45, 7) is 2.34. The molecule has 0 radical (unpaired) electrons. The van der Waals surface area contributed by atoms with Gasteiger partial charge in [0.05, 0.1) is 6.04 Å². The molecule has 156 valence electrons. The van der Waals surface area contributed by atoms with Gasteiger partial charge in [-0.3, -0.25) is 9.88 Å². The molecule has 3 saturated heterocycles. The molecule has 7 rings (SSSR count). The Bertz CT molecular complexity index is 1160. The van der Waals surface area contributed by atoms with E-state index in [0.29, 0.717) is 12.0 Å². The highest BCUT2D eigenvalue weighted by atomic mass is 16.5. The van der Waals surface area contributed by atoms with Crippen molar-refractivity contribution >= 4 is 10.9 Å². The normalized spacial score (nSPS) is 25.0. The number of nitrogens with one attached hydrogen (secondary N) is 1. The number of piperidine rings is 3. The standard InChI is InChI=1S/C26H26N4O/c1-2-18(16-27-10-1)14-24-26(19-8-12-30(24)13-9-19)31-25-6-4-22(17-29-25)20-3-5-23-21(15-20)7-11-28-23/h1-7,10-11,15-17,19,24,26,28H,8-9,12-14H2/t24-,26+/m0/s1. The number of aromatic amines is 1. The number of aromatic nitrogens is 3. The highest BCUT2D eigenvalue weighted by Crippen LogP contribution is 2.36. The summed E-state index contributed by atoms with van der Waals surface area (Å²) in [5, 5.41) is 1.21. The molecule has 4 aromatic rings. The molecule has 2 bridgehead atoms. The zero-order valence-corrected chi connectivity index (χ0v) is 17.4. The highest BCUT2D eigenvalue weighted by Gasteiger charge is 2.43. The van der Waals surface area contributed by atoms with Crippen LogP contribution in [0.3, 0.4) is 0 Å². The van der Waals surface area contributed by atoms with Crippen LogP contribution in [-0.2, 0) is 6.42 Å². The van der Waals surface area contributed by atoms with Crippen LogP contribution in [0.1, 0.15) is 18.4 Å². The Hall–Kier alpha value is -3.18. The molecule has 2 atom stereocenters. The molecular formula is C26H26N4O. The lowest BCUT2D eigenvalue weighted by atomic mass is 9.78. The minimum Gasteiger partial charge on any atom is -0.472 e. The van der Waals surface area contributed by atoms with Gasteiger partial charge in [0.2, 0.25) is 5.88 Å². The Morgan fingerprint density at radius 3 is 2.71 bits per heavy atom. The van der Waals surface area contributed by atoms with Crippen LogP contribution in [0, 0.1) is 5.92 Å². The van der Waals surface area contributed by atoms with Crippen LogP contribution >= 0.6 is 0 Å². The molecule has 5 heteroatoms. The number of rotatable bonds is 5. The van der Waals surface area contributed by atoms with Gasteiger partial charge in [0.15, 0.2) is 0 Å². The summed E-state index contributed by atoms with van der Waals surface area (Å²) in [5.74, 6) is 1.32. The molecular weight excluding hydrogens is 384 g/mol. The van der Waals surface area contributed by atoms with E-state index in [1.807, 2.05) is 36.9 Å². The van der Waals surface area contributed by atoms with E-state index in [9.17, 15) is 0 Å². The average molecular weight is 411 g/mol. The number of pyridine rings is 2. The Kier molecular flexibility index (Phi) is 4.69. The van der Waals surface area contributed by atoms with Crippen molar-refractivity contribution < 1.29 is 4.74 Å². The van der Waals surface area contributed by atoms with Crippen molar-refractivity contribution in [2.75, 3.05) is 13.1 Å². The second-order valence-electron chi connectivity index (χ2n) is 8.75.